The summed E-state index contributed by atoms with van der Waals surface area (Å²) in [5.41, 5.74) is 1.60. The van der Waals surface area contributed by atoms with Gasteiger partial charge in [0.25, 0.3) is 0 Å². The van der Waals surface area contributed by atoms with Crippen LogP contribution in [0.5, 0.6) is 0 Å². The predicted octanol–water partition coefficient (Wildman–Crippen LogP) is 6.74. The first-order chi connectivity index (χ1) is 12.5. The molecule has 2 heteroatoms. The van der Waals surface area contributed by atoms with E-state index in [0.29, 0.717) is 17.1 Å². The first kappa shape index (κ1) is 17.2. The lowest BCUT2D eigenvalue weighted by Crippen LogP contribution is -2.52. The second-order valence-electron chi connectivity index (χ2n) is 10.1. The van der Waals surface area contributed by atoms with Crippen molar-refractivity contribution in [2.45, 2.75) is 71.6 Å². The first-order valence-corrected chi connectivity index (χ1v) is 11.7. The minimum atomic E-state index is -0.0812. The van der Waals surface area contributed by atoms with Crippen LogP contribution in [-0.2, 0) is 4.79 Å². The Morgan fingerprint density at radius 1 is 1.08 bits per heavy atom. The monoisotopic (exact) mass is 368 g/mol. The van der Waals surface area contributed by atoms with E-state index in [0.717, 1.165) is 36.2 Å². The molecule has 1 nitrogen and oxygen atoms in total. The van der Waals surface area contributed by atoms with Crippen LogP contribution < -0.4 is 0 Å². The zero-order chi connectivity index (χ0) is 17.9. The molecule has 5 rings (SSSR count). The molecule has 4 fully saturated rings. The van der Waals surface area contributed by atoms with E-state index in [9.17, 15) is 4.79 Å². The van der Waals surface area contributed by atoms with Gasteiger partial charge < -0.3 is 0 Å². The van der Waals surface area contributed by atoms with E-state index >= 15 is 0 Å². The van der Waals surface area contributed by atoms with Crippen LogP contribution in [0.4, 0.5) is 0 Å². The lowest BCUT2D eigenvalue weighted by molar-refractivity contribution is -0.137. The highest BCUT2D eigenvalue weighted by Gasteiger charge is 2.60. The molecule has 4 aliphatic rings. The van der Waals surface area contributed by atoms with Crippen molar-refractivity contribution in [1.82, 2.24) is 0 Å². The Morgan fingerprint density at radius 2 is 1.96 bits per heavy atom. The number of hydrogen-bond donors (Lipinski definition) is 0. The largest absolute Gasteiger partial charge is 0.294 e. The Kier molecular flexibility index (Phi) is 4.01. The Bertz CT molecular complexity index is 731. The average Bonchev–Trinajstić information content (AvgIpc) is 3.23. The fourth-order valence-corrected chi connectivity index (χ4v) is 8.32. The van der Waals surface area contributed by atoms with Crippen molar-refractivity contribution in [3.8, 4) is 0 Å². The molecule has 140 valence electrons. The second-order valence-corrected chi connectivity index (χ2v) is 11.1. The summed E-state index contributed by atoms with van der Waals surface area (Å²) in [4.78, 5) is 14.6. The molecule has 0 amide bonds. The number of thiophene rings is 1. The van der Waals surface area contributed by atoms with Crippen molar-refractivity contribution >= 4 is 23.2 Å². The molecule has 0 bridgehead atoms. The van der Waals surface area contributed by atoms with Gasteiger partial charge in [-0.05, 0) is 97.1 Å². The number of carbonyl (C=O) groups is 1. The molecule has 0 N–H and O–H groups in total. The van der Waals surface area contributed by atoms with Gasteiger partial charge in [-0.3, -0.25) is 4.79 Å². The number of ketones is 1. The molecular weight excluding hydrogens is 336 g/mol. The molecule has 6 atom stereocenters. The smallest absolute Gasteiger partial charge is 0.165 e. The lowest BCUT2D eigenvalue weighted by atomic mass is 9.45. The third-order valence-electron chi connectivity index (χ3n) is 9.08. The summed E-state index contributed by atoms with van der Waals surface area (Å²) in [5.74, 6) is 3.69. The van der Waals surface area contributed by atoms with Crippen LogP contribution in [0.3, 0.4) is 0 Å². The third kappa shape index (κ3) is 2.37. The maximum Gasteiger partial charge on any atom is 0.165 e. The van der Waals surface area contributed by atoms with Crippen molar-refractivity contribution < 1.29 is 4.79 Å². The highest BCUT2D eigenvalue weighted by atomic mass is 32.1. The van der Waals surface area contributed by atoms with Gasteiger partial charge in [-0.25, -0.2) is 0 Å². The number of allylic oxidation sites excluding steroid dienone is 1. The molecule has 0 saturated heterocycles. The van der Waals surface area contributed by atoms with E-state index < -0.39 is 0 Å². The van der Waals surface area contributed by atoms with E-state index in [-0.39, 0.29) is 5.41 Å². The van der Waals surface area contributed by atoms with Gasteiger partial charge >= 0.3 is 0 Å². The van der Waals surface area contributed by atoms with Gasteiger partial charge in [0.15, 0.2) is 5.78 Å². The number of rotatable bonds is 1. The summed E-state index contributed by atoms with van der Waals surface area (Å²) >= 11 is 1.75. The van der Waals surface area contributed by atoms with E-state index in [1.165, 1.54) is 49.8 Å². The molecule has 1 aromatic rings. The molecule has 0 spiro atoms. The maximum atomic E-state index is 13.4. The summed E-state index contributed by atoms with van der Waals surface area (Å²) in [6, 6.07) is 4.23. The minimum Gasteiger partial charge on any atom is -0.294 e. The van der Waals surface area contributed by atoms with Gasteiger partial charge in [0.05, 0.1) is 0 Å². The fraction of sp³-hybridized carbons (Fsp3) is 0.708. The van der Waals surface area contributed by atoms with Gasteiger partial charge in [0.1, 0.15) is 0 Å². The molecule has 0 radical (unpaired) electrons. The summed E-state index contributed by atoms with van der Waals surface area (Å²) < 4.78 is 0. The van der Waals surface area contributed by atoms with Crippen LogP contribution in [-0.4, -0.2) is 5.78 Å². The quantitative estimate of drug-likeness (QED) is 0.501. The van der Waals surface area contributed by atoms with Crippen molar-refractivity contribution in [2.24, 2.45) is 34.5 Å². The van der Waals surface area contributed by atoms with Gasteiger partial charge in [-0.1, -0.05) is 32.8 Å². The van der Waals surface area contributed by atoms with Gasteiger partial charge in [-0.2, -0.15) is 0 Å². The number of Topliss-reactive ketones (excluding diaryl/α,β-unsaturated/α-hetero) is 1. The van der Waals surface area contributed by atoms with Crippen molar-refractivity contribution in [1.29, 1.82) is 0 Å². The Hall–Kier alpha value is -0.890. The van der Waals surface area contributed by atoms with Crippen LogP contribution in [0.15, 0.2) is 23.1 Å². The van der Waals surface area contributed by atoms with Gasteiger partial charge in [-0.15, -0.1) is 11.3 Å². The minimum absolute atomic E-state index is 0.0812. The number of hydrogen-bond acceptors (Lipinski definition) is 2. The third-order valence-corrected chi connectivity index (χ3v) is 9.90. The SMILES string of the molecule is C[C@@]12CCC3C(CC[C@@H]4CCCC[C@@]34C)C1C/C(=C\c1cccs1)C2=O. The molecule has 3 unspecified atom stereocenters. The Balaban J connectivity index is 1.47. The topological polar surface area (TPSA) is 17.1 Å². The van der Waals surface area contributed by atoms with Crippen molar-refractivity contribution in [3.63, 3.8) is 0 Å². The van der Waals surface area contributed by atoms with Crippen molar-refractivity contribution in [3.05, 3.63) is 28.0 Å². The summed E-state index contributed by atoms with van der Waals surface area (Å²) in [6.45, 7) is 4.93. The van der Waals surface area contributed by atoms with E-state index in [4.69, 9.17) is 0 Å². The Morgan fingerprint density at radius 3 is 2.77 bits per heavy atom. The summed E-state index contributed by atoms with van der Waals surface area (Å²) in [5, 5.41) is 2.11. The Labute approximate surface area is 162 Å². The van der Waals surface area contributed by atoms with Crippen LogP contribution in [0, 0.1) is 34.5 Å². The van der Waals surface area contributed by atoms with Crippen LogP contribution >= 0.6 is 11.3 Å². The molecule has 0 aromatic carbocycles. The van der Waals surface area contributed by atoms with Gasteiger partial charge in [0, 0.05) is 10.3 Å². The summed E-state index contributed by atoms with van der Waals surface area (Å²) in [6.07, 6.45) is 14.2. The molecule has 0 aliphatic heterocycles. The second kappa shape index (κ2) is 6.06. The average molecular weight is 369 g/mol. The van der Waals surface area contributed by atoms with Crippen LogP contribution in [0.1, 0.15) is 76.5 Å². The molecule has 26 heavy (non-hydrogen) atoms. The predicted molar refractivity (Wildman–Crippen MR) is 109 cm³/mol. The highest BCUT2D eigenvalue weighted by molar-refractivity contribution is 7.10. The van der Waals surface area contributed by atoms with Crippen LogP contribution in [0.2, 0.25) is 0 Å². The van der Waals surface area contributed by atoms with Gasteiger partial charge in [0.2, 0.25) is 0 Å². The standard InChI is InChI=1S/C24H32OS/c1-23-11-4-3-6-17(23)8-9-19-20(23)10-12-24(2)21(19)15-16(22(24)25)14-18-7-5-13-26-18/h5,7,13-14,17,19-21H,3-4,6,8-12,15H2,1-2H3/b16-14+/t17-,19?,20?,21?,23+,24+/m0/s1. The molecule has 1 aromatic heterocycles. The highest BCUT2D eigenvalue weighted by Crippen LogP contribution is 2.66. The van der Waals surface area contributed by atoms with E-state index in [2.05, 4.69) is 37.4 Å². The number of fused-ring (bicyclic) bond motifs is 5. The molecule has 1 heterocycles. The lowest BCUT2D eigenvalue weighted by Gasteiger charge is -2.59. The molecule has 4 aliphatic carbocycles. The zero-order valence-electron chi connectivity index (χ0n) is 16.3. The normalized spacial score (nSPS) is 46.7. The first-order valence-electron chi connectivity index (χ1n) is 10.8. The maximum absolute atomic E-state index is 13.4. The fourth-order valence-electron chi connectivity index (χ4n) is 7.64. The van der Waals surface area contributed by atoms with Crippen LogP contribution in [0.25, 0.3) is 6.08 Å². The summed E-state index contributed by atoms with van der Waals surface area (Å²) in [7, 11) is 0. The van der Waals surface area contributed by atoms with E-state index in [1.807, 2.05) is 0 Å². The molecule has 4 saturated carbocycles. The van der Waals surface area contributed by atoms with E-state index in [1.54, 1.807) is 11.3 Å². The van der Waals surface area contributed by atoms with Crippen molar-refractivity contribution in [2.75, 3.05) is 0 Å². The molecular formula is C24H32OS. The number of carbonyl (C=O) groups excluding carboxylic acids is 1. The zero-order valence-corrected chi connectivity index (χ0v) is 17.1.